The molecular formula is C24H25BrN2O3. The maximum Gasteiger partial charge on any atom is 0.289 e. The van der Waals surface area contributed by atoms with Gasteiger partial charge in [0.1, 0.15) is 18.1 Å². The van der Waals surface area contributed by atoms with Gasteiger partial charge in [-0.05, 0) is 54.8 Å². The molecule has 156 valence electrons. The predicted octanol–water partition coefficient (Wildman–Crippen LogP) is 5.49. The molecule has 3 aromatic rings. The number of ether oxygens (including phenoxy) is 1. The monoisotopic (exact) mass is 468 g/mol. The maximum atomic E-state index is 12.9. The van der Waals surface area contributed by atoms with Crippen LogP contribution in [0.3, 0.4) is 0 Å². The van der Waals surface area contributed by atoms with Gasteiger partial charge < -0.3 is 19.0 Å². The molecule has 1 amide bonds. The van der Waals surface area contributed by atoms with Gasteiger partial charge in [-0.25, -0.2) is 0 Å². The minimum absolute atomic E-state index is 0.139. The van der Waals surface area contributed by atoms with Gasteiger partial charge in [0.05, 0.1) is 0 Å². The van der Waals surface area contributed by atoms with Crippen molar-refractivity contribution in [2.75, 3.05) is 25.0 Å². The molecule has 5 nitrogen and oxygen atoms in total. The topological polar surface area (TPSA) is 45.9 Å². The van der Waals surface area contributed by atoms with Gasteiger partial charge in [0, 0.05) is 36.8 Å². The Morgan fingerprint density at radius 3 is 2.70 bits per heavy atom. The van der Waals surface area contributed by atoms with Gasteiger partial charge in [0.2, 0.25) is 0 Å². The van der Waals surface area contributed by atoms with E-state index in [0.717, 1.165) is 28.9 Å². The Bertz CT molecular complexity index is 1010. The average Bonchev–Trinajstić information content (AvgIpc) is 3.44. The van der Waals surface area contributed by atoms with E-state index in [1.54, 1.807) is 17.0 Å². The molecule has 1 fully saturated rings. The zero-order valence-electron chi connectivity index (χ0n) is 17.0. The third-order valence-electron chi connectivity index (χ3n) is 5.24. The van der Waals surface area contributed by atoms with Crippen molar-refractivity contribution in [3.8, 4) is 5.75 Å². The second-order valence-corrected chi connectivity index (χ2v) is 8.41. The Balaban J connectivity index is 1.39. The van der Waals surface area contributed by atoms with Crippen LogP contribution in [-0.2, 0) is 13.2 Å². The van der Waals surface area contributed by atoms with Crippen molar-refractivity contribution in [1.82, 2.24) is 4.90 Å². The predicted molar refractivity (Wildman–Crippen MR) is 121 cm³/mol. The SMILES string of the molecule is CN(Cc1ccccc1N1CCCC1)C(=O)c1ccc(COc2cccc(Br)c2)o1. The number of anilines is 1. The fraction of sp³-hybridized carbons (Fsp3) is 0.292. The van der Waals surface area contributed by atoms with Gasteiger partial charge in [-0.2, -0.15) is 0 Å². The summed E-state index contributed by atoms with van der Waals surface area (Å²) in [7, 11) is 1.81. The van der Waals surface area contributed by atoms with Crippen LogP contribution in [0.4, 0.5) is 5.69 Å². The number of carbonyl (C=O) groups excluding carboxylic acids is 1. The highest BCUT2D eigenvalue weighted by Crippen LogP contribution is 2.26. The van der Waals surface area contributed by atoms with Crippen LogP contribution in [0.1, 0.15) is 34.7 Å². The van der Waals surface area contributed by atoms with Crippen molar-refractivity contribution in [1.29, 1.82) is 0 Å². The van der Waals surface area contributed by atoms with Gasteiger partial charge in [-0.3, -0.25) is 4.79 Å². The Kier molecular flexibility index (Phi) is 6.43. The fourth-order valence-electron chi connectivity index (χ4n) is 3.71. The molecule has 4 rings (SSSR count). The van der Waals surface area contributed by atoms with Gasteiger partial charge in [0.15, 0.2) is 5.76 Å². The van der Waals surface area contributed by atoms with Gasteiger partial charge in [-0.15, -0.1) is 0 Å². The molecule has 1 saturated heterocycles. The lowest BCUT2D eigenvalue weighted by molar-refractivity contribution is 0.0749. The third kappa shape index (κ3) is 4.87. The quantitative estimate of drug-likeness (QED) is 0.459. The molecule has 0 radical (unpaired) electrons. The summed E-state index contributed by atoms with van der Waals surface area (Å²) in [4.78, 5) is 17.0. The number of nitrogens with zero attached hydrogens (tertiary/aromatic N) is 2. The maximum absolute atomic E-state index is 12.9. The smallest absolute Gasteiger partial charge is 0.289 e. The number of rotatable bonds is 7. The Morgan fingerprint density at radius 2 is 1.90 bits per heavy atom. The van der Waals surface area contributed by atoms with Crippen molar-refractivity contribution < 1.29 is 13.9 Å². The third-order valence-corrected chi connectivity index (χ3v) is 5.74. The molecule has 2 aromatic carbocycles. The summed E-state index contributed by atoms with van der Waals surface area (Å²) in [5.41, 5.74) is 2.37. The minimum atomic E-state index is -0.139. The second kappa shape index (κ2) is 9.39. The van der Waals surface area contributed by atoms with E-state index in [1.165, 1.54) is 18.5 Å². The van der Waals surface area contributed by atoms with Crippen molar-refractivity contribution in [3.05, 3.63) is 82.2 Å². The number of amides is 1. The van der Waals surface area contributed by atoms with E-state index in [9.17, 15) is 4.79 Å². The van der Waals surface area contributed by atoms with Crippen LogP contribution in [0.25, 0.3) is 0 Å². The fourth-order valence-corrected chi connectivity index (χ4v) is 4.09. The number of benzene rings is 2. The van der Waals surface area contributed by atoms with Gasteiger partial charge >= 0.3 is 0 Å². The molecule has 6 heteroatoms. The summed E-state index contributed by atoms with van der Waals surface area (Å²) in [5, 5.41) is 0. The first kappa shape index (κ1) is 20.5. The molecule has 0 aliphatic carbocycles. The molecule has 2 heterocycles. The second-order valence-electron chi connectivity index (χ2n) is 7.50. The van der Waals surface area contributed by atoms with Crippen LogP contribution in [0.2, 0.25) is 0 Å². The largest absolute Gasteiger partial charge is 0.486 e. The minimum Gasteiger partial charge on any atom is -0.486 e. The molecule has 0 atom stereocenters. The zero-order chi connectivity index (χ0) is 20.9. The van der Waals surface area contributed by atoms with Crippen molar-refractivity contribution in [3.63, 3.8) is 0 Å². The Hall–Kier alpha value is -2.73. The highest BCUT2D eigenvalue weighted by atomic mass is 79.9. The lowest BCUT2D eigenvalue weighted by atomic mass is 10.1. The van der Waals surface area contributed by atoms with E-state index in [4.69, 9.17) is 9.15 Å². The zero-order valence-corrected chi connectivity index (χ0v) is 18.6. The molecule has 0 unspecified atom stereocenters. The number of para-hydroxylation sites is 1. The first-order valence-electron chi connectivity index (χ1n) is 10.2. The van der Waals surface area contributed by atoms with Crippen LogP contribution >= 0.6 is 15.9 Å². The summed E-state index contributed by atoms with van der Waals surface area (Å²) >= 11 is 3.42. The van der Waals surface area contributed by atoms with Crippen molar-refractivity contribution in [2.45, 2.75) is 26.0 Å². The average molecular weight is 469 g/mol. The van der Waals surface area contributed by atoms with Crippen LogP contribution in [0.5, 0.6) is 5.75 Å². The van der Waals surface area contributed by atoms with E-state index >= 15 is 0 Å². The molecule has 0 spiro atoms. The van der Waals surface area contributed by atoms with E-state index in [1.807, 2.05) is 37.4 Å². The molecule has 1 aromatic heterocycles. The number of carbonyl (C=O) groups is 1. The lowest BCUT2D eigenvalue weighted by Crippen LogP contribution is -2.27. The van der Waals surface area contributed by atoms with Crippen LogP contribution in [0, 0.1) is 0 Å². The summed E-state index contributed by atoms with van der Waals surface area (Å²) in [6, 6.07) is 19.4. The molecule has 30 heavy (non-hydrogen) atoms. The summed E-state index contributed by atoms with van der Waals surface area (Å²) in [6.45, 7) is 2.96. The van der Waals surface area contributed by atoms with Crippen molar-refractivity contribution >= 4 is 27.5 Å². The molecule has 0 bridgehead atoms. The van der Waals surface area contributed by atoms with E-state index < -0.39 is 0 Å². The van der Waals surface area contributed by atoms with E-state index in [2.05, 4.69) is 39.0 Å². The number of halogens is 1. The van der Waals surface area contributed by atoms with Crippen LogP contribution < -0.4 is 9.64 Å². The normalized spacial score (nSPS) is 13.5. The highest BCUT2D eigenvalue weighted by molar-refractivity contribution is 9.10. The van der Waals surface area contributed by atoms with Gasteiger partial charge in [-0.1, -0.05) is 40.2 Å². The molecule has 0 saturated carbocycles. The first-order chi connectivity index (χ1) is 14.6. The summed E-state index contributed by atoms with van der Waals surface area (Å²) < 4.78 is 12.4. The highest BCUT2D eigenvalue weighted by Gasteiger charge is 2.20. The van der Waals surface area contributed by atoms with Gasteiger partial charge in [0.25, 0.3) is 5.91 Å². The number of furan rings is 1. The number of hydrogen-bond acceptors (Lipinski definition) is 4. The summed E-state index contributed by atoms with van der Waals surface area (Å²) in [5.74, 6) is 1.54. The Labute approximate surface area is 185 Å². The standard InChI is InChI=1S/C24H25BrN2O3/c1-26(16-18-7-2-3-10-22(18)27-13-4-5-14-27)24(28)23-12-11-21(30-23)17-29-20-9-6-8-19(25)15-20/h2-3,6-12,15H,4-5,13-14,16-17H2,1H3. The Morgan fingerprint density at radius 1 is 1.10 bits per heavy atom. The van der Waals surface area contributed by atoms with E-state index in [0.29, 0.717) is 18.1 Å². The molecule has 0 N–H and O–H groups in total. The molecular weight excluding hydrogens is 444 g/mol. The molecule has 1 aliphatic heterocycles. The lowest BCUT2D eigenvalue weighted by Gasteiger charge is -2.24. The van der Waals surface area contributed by atoms with Crippen LogP contribution in [0.15, 0.2) is 69.6 Å². The van der Waals surface area contributed by atoms with E-state index in [-0.39, 0.29) is 12.5 Å². The summed E-state index contributed by atoms with van der Waals surface area (Å²) in [6.07, 6.45) is 2.45. The molecule has 1 aliphatic rings. The van der Waals surface area contributed by atoms with Crippen LogP contribution in [-0.4, -0.2) is 30.9 Å². The first-order valence-corrected chi connectivity index (χ1v) is 10.9. The van der Waals surface area contributed by atoms with Crippen molar-refractivity contribution in [2.24, 2.45) is 0 Å². The number of hydrogen-bond donors (Lipinski definition) is 0.